The van der Waals surface area contributed by atoms with Gasteiger partial charge in [0.05, 0.1) is 6.54 Å². The SMILES string of the molecule is CC(=O)N(CCCc1ccccc1)CC(=O)Nc1ccc2c(c1)OCCO2. The van der Waals surface area contributed by atoms with Crippen LogP contribution in [0.4, 0.5) is 5.69 Å². The highest BCUT2D eigenvalue weighted by Crippen LogP contribution is 2.32. The zero-order valence-corrected chi connectivity index (χ0v) is 15.4. The summed E-state index contributed by atoms with van der Waals surface area (Å²) in [4.78, 5) is 25.8. The third kappa shape index (κ3) is 5.48. The Kier molecular flexibility index (Phi) is 6.30. The fraction of sp³-hybridized carbons (Fsp3) is 0.333. The molecule has 0 atom stereocenters. The summed E-state index contributed by atoms with van der Waals surface area (Å²) in [5.41, 5.74) is 1.85. The summed E-state index contributed by atoms with van der Waals surface area (Å²) >= 11 is 0. The van der Waals surface area contributed by atoms with Crippen molar-refractivity contribution in [3.63, 3.8) is 0 Å². The van der Waals surface area contributed by atoms with Gasteiger partial charge in [-0.15, -0.1) is 0 Å². The molecule has 1 N–H and O–H groups in total. The minimum atomic E-state index is -0.235. The molecule has 6 nitrogen and oxygen atoms in total. The molecule has 142 valence electrons. The maximum Gasteiger partial charge on any atom is 0.243 e. The smallest absolute Gasteiger partial charge is 0.243 e. The van der Waals surface area contributed by atoms with Crippen LogP contribution in [0.25, 0.3) is 0 Å². The second-order valence-corrected chi connectivity index (χ2v) is 6.44. The Balaban J connectivity index is 1.51. The van der Waals surface area contributed by atoms with Crippen molar-refractivity contribution in [1.29, 1.82) is 0 Å². The molecule has 0 spiro atoms. The number of anilines is 1. The Labute approximate surface area is 159 Å². The number of amides is 2. The highest BCUT2D eigenvalue weighted by molar-refractivity contribution is 5.94. The van der Waals surface area contributed by atoms with Gasteiger partial charge in [0, 0.05) is 25.2 Å². The topological polar surface area (TPSA) is 67.9 Å². The third-order valence-corrected chi connectivity index (χ3v) is 4.34. The second-order valence-electron chi connectivity index (χ2n) is 6.44. The quantitative estimate of drug-likeness (QED) is 0.816. The molecule has 0 fully saturated rings. The fourth-order valence-corrected chi connectivity index (χ4v) is 2.96. The van der Waals surface area contributed by atoms with Crippen molar-refractivity contribution in [2.45, 2.75) is 19.8 Å². The van der Waals surface area contributed by atoms with Crippen molar-refractivity contribution >= 4 is 17.5 Å². The number of hydrogen-bond acceptors (Lipinski definition) is 4. The standard InChI is InChI=1S/C21H24N2O4/c1-16(24)23(11-5-8-17-6-3-2-4-7-17)15-21(25)22-18-9-10-19-20(14-18)27-13-12-26-19/h2-4,6-7,9-10,14H,5,8,11-13,15H2,1H3,(H,22,25). The van der Waals surface area contributed by atoms with Crippen LogP contribution in [0.15, 0.2) is 48.5 Å². The molecule has 1 aliphatic rings. The molecule has 0 saturated carbocycles. The van der Waals surface area contributed by atoms with Gasteiger partial charge in [-0.1, -0.05) is 30.3 Å². The van der Waals surface area contributed by atoms with Gasteiger partial charge in [-0.3, -0.25) is 9.59 Å². The molecule has 1 aliphatic heterocycles. The first-order chi connectivity index (χ1) is 13.1. The van der Waals surface area contributed by atoms with Crippen LogP contribution in [0.1, 0.15) is 18.9 Å². The van der Waals surface area contributed by atoms with E-state index >= 15 is 0 Å². The number of rotatable bonds is 7. The van der Waals surface area contributed by atoms with E-state index < -0.39 is 0 Å². The van der Waals surface area contributed by atoms with E-state index in [1.807, 2.05) is 18.2 Å². The highest BCUT2D eigenvalue weighted by atomic mass is 16.6. The normalized spacial score (nSPS) is 12.3. The lowest BCUT2D eigenvalue weighted by atomic mass is 10.1. The number of benzene rings is 2. The van der Waals surface area contributed by atoms with E-state index in [1.54, 1.807) is 23.1 Å². The minimum Gasteiger partial charge on any atom is -0.486 e. The first kappa shape index (κ1) is 18.8. The zero-order chi connectivity index (χ0) is 19.1. The number of fused-ring (bicyclic) bond motifs is 1. The fourth-order valence-electron chi connectivity index (χ4n) is 2.96. The molecule has 2 aromatic rings. The van der Waals surface area contributed by atoms with Crippen molar-refractivity contribution in [3.8, 4) is 11.5 Å². The van der Waals surface area contributed by atoms with E-state index in [4.69, 9.17) is 9.47 Å². The molecule has 2 aromatic carbocycles. The number of nitrogens with one attached hydrogen (secondary N) is 1. The molecule has 0 unspecified atom stereocenters. The molecule has 1 heterocycles. The lowest BCUT2D eigenvalue weighted by Crippen LogP contribution is -2.37. The van der Waals surface area contributed by atoms with E-state index in [2.05, 4.69) is 17.4 Å². The Bertz CT molecular complexity index is 792. The molecule has 2 amide bonds. The van der Waals surface area contributed by atoms with Crippen LogP contribution in [0, 0.1) is 0 Å². The average Bonchev–Trinajstić information content (AvgIpc) is 2.68. The number of aryl methyl sites for hydroxylation is 1. The van der Waals surface area contributed by atoms with Gasteiger partial charge in [0.15, 0.2) is 11.5 Å². The van der Waals surface area contributed by atoms with Crippen LogP contribution in [-0.2, 0) is 16.0 Å². The van der Waals surface area contributed by atoms with Crippen molar-refractivity contribution in [2.75, 3.05) is 31.6 Å². The Morgan fingerprint density at radius 3 is 2.52 bits per heavy atom. The molecular formula is C21H24N2O4. The number of nitrogens with zero attached hydrogens (tertiary/aromatic N) is 1. The van der Waals surface area contributed by atoms with Gasteiger partial charge >= 0.3 is 0 Å². The zero-order valence-electron chi connectivity index (χ0n) is 15.4. The summed E-state index contributed by atoms with van der Waals surface area (Å²) in [7, 11) is 0. The summed E-state index contributed by atoms with van der Waals surface area (Å²) in [6.45, 7) is 3.07. The first-order valence-electron chi connectivity index (χ1n) is 9.11. The molecular weight excluding hydrogens is 344 g/mol. The number of carbonyl (C=O) groups is 2. The van der Waals surface area contributed by atoms with Crippen molar-refractivity contribution < 1.29 is 19.1 Å². The van der Waals surface area contributed by atoms with Gasteiger partial charge in [0.1, 0.15) is 13.2 Å². The van der Waals surface area contributed by atoms with Gasteiger partial charge in [0.2, 0.25) is 11.8 Å². The lowest BCUT2D eigenvalue weighted by molar-refractivity contribution is -0.132. The number of carbonyl (C=O) groups excluding carboxylic acids is 2. The van der Waals surface area contributed by atoms with Crippen LogP contribution in [-0.4, -0.2) is 43.0 Å². The molecule has 6 heteroatoms. The lowest BCUT2D eigenvalue weighted by Gasteiger charge is -2.21. The predicted molar refractivity (Wildman–Crippen MR) is 103 cm³/mol. The summed E-state index contributed by atoms with van der Waals surface area (Å²) < 4.78 is 11.0. The van der Waals surface area contributed by atoms with Crippen LogP contribution in [0.2, 0.25) is 0 Å². The summed E-state index contributed by atoms with van der Waals surface area (Å²) in [5.74, 6) is 0.942. The van der Waals surface area contributed by atoms with E-state index in [0.717, 1.165) is 12.8 Å². The first-order valence-corrected chi connectivity index (χ1v) is 9.11. The van der Waals surface area contributed by atoms with Crippen molar-refractivity contribution in [1.82, 2.24) is 4.90 Å². The van der Waals surface area contributed by atoms with Gasteiger partial charge in [-0.2, -0.15) is 0 Å². The molecule has 27 heavy (non-hydrogen) atoms. The van der Waals surface area contributed by atoms with E-state index in [1.165, 1.54) is 12.5 Å². The van der Waals surface area contributed by atoms with Crippen LogP contribution in [0.3, 0.4) is 0 Å². The average molecular weight is 368 g/mol. The predicted octanol–water partition coefficient (Wildman–Crippen LogP) is 2.88. The van der Waals surface area contributed by atoms with Crippen molar-refractivity contribution in [3.05, 3.63) is 54.1 Å². The van der Waals surface area contributed by atoms with Gasteiger partial charge in [-0.05, 0) is 30.5 Å². The highest BCUT2D eigenvalue weighted by Gasteiger charge is 2.16. The van der Waals surface area contributed by atoms with Crippen LogP contribution < -0.4 is 14.8 Å². The van der Waals surface area contributed by atoms with E-state index in [9.17, 15) is 9.59 Å². The molecule has 0 aromatic heterocycles. The Hall–Kier alpha value is -3.02. The molecule has 0 aliphatic carbocycles. The molecule has 3 rings (SSSR count). The summed E-state index contributed by atoms with van der Waals surface area (Å²) in [6, 6.07) is 15.4. The summed E-state index contributed by atoms with van der Waals surface area (Å²) in [5, 5.41) is 2.82. The maximum absolute atomic E-state index is 12.4. The molecule has 0 saturated heterocycles. The van der Waals surface area contributed by atoms with Crippen molar-refractivity contribution in [2.24, 2.45) is 0 Å². The Morgan fingerprint density at radius 2 is 1.78 bits per heavy atom. The van der Waals surface area contributed by atoms with Crippen LogP contribution in [0.5, 0.6) is 11.5 Å². The van der Waals surface area contributed by atoms with Crippen LogP contribution >= 0.6 is 0 Å². The second kappa shape index (κ2) is 9.07. The third-order valence-electron chi connectivity index (χ3n) is 4.34. The Morgan fingerprint density at radius 1 is 1.04 bits per heavy atom. The number of ether oxygens (including phenoxy) is 2. The number of hydrogen-bond donors (Lipinski definition) is 1. The molecule has 0 radical (unpaired) electrons. The largest absolute Gasteiger partial charge is 0.486 e. The minimum absolute atomic E-state index is 0.0264. The summed E-state index contributed by atoms with van der Waals surface area (Å²) in [6.07, 6.45) is 1.68. The maximum atomic E-state index is 12.4. The van der Waals surface area contributed by atoms with Gasteiger partial charge in [0.25, 0.3) is 0 Å². The van der Waals surface area contributed by atoms with E-state index in [0.29, 0.717) is 36.9 Å². The molecule has 0 bridgehead atoms. The van der Waals surface area contributed by atoms with Gasteiger partial charge < -0.3 is 19.7 Å². The monoisotopic (exact) mass is 368 g/mol. The van der Waals surface area contributed by atoms with E-state index in [-0.39, 0.29) is 18.4 Å². The van der Waals surface area contributed by atoms with Gasteiger partial charge in [-0.25, -0.2) is 0 Å².